The third-order valence-corrected chi connectivity index (χ3v) is 3.92. The van der Waals surface area contributed by atoms with Gasteiger partial charge < -0.3 is 10.1 Å². The number of rotatable bonds is 4. The number of methoxy groups -OCH3 is 1. The van der Waals surface area contributed by atoms with Crippen molar-refractivity contribution in [2.45, 2.75) is 26.0 Å². The highest BCUT2D eigenvalue weighted by molar-refractivity contribution is 5.27. The zero-order valence-corrected chi connectivity index (χ0v) is 11.6. The highest BCUT2D eigenvalue weighted by atomic mass is 16.5. The van der Waals surface area contributed by atoms with Crippen LogP contribution in [0.25, 0.3) is 0 Å². The first-order valence-electron chi connectivity index (χ1n) is 6.80. The number of benzene rings is 1. The van der Waals surface area contributed by atoms with Crippen LogP contribution in [0, 0.1) is 0 Å². The Bertz CT molecular complexity index is 375. The fourth-order valence-corrected chi connectivity index (χ4v) is 2.49. The average molecular weight is 248 g/mol. The summed E-state index contributed by atoms with van der Waals surface area (Å²) >= 11 is 0. The molecule has 3 nitrogen and oxygen atoms in total. The van der Waals surface area contributed by atoms with Gasteiger partial charge >= 0.3 is 0 Å². The molecule has 2 rings (SSSR count). The number of nitrogens with one attached hydrogen (secondary N) is 1. The Hall–Kier alpha value is -0.900. The average Bonchev–Trinajstić information content (AvgIpc) is 2.46. The lowest BCUT2D eigenvalue weighted by Crippen LogP contribution is -2.44. The molecule has 3 heteroatoms. The lowest BCUT2D eigenvalue weighted by Gasteiger charge is -2.33. The molecule has 1 saturated heterocycles. The third kappa shape index (κ3) is 3.10. The van der Waals surface area contributed by atoms with Gasteiger partial charge in [-0.15, -0.1) is 0 Å². The summed E-state index contributed by atoms with van der Waals surface area (Å²) < 4.78 is 5.39. The molecule has 1 aromatic rings. The zero-order chi connectivity index (χ0) is 13.0. The van der Waals surface area contributed by atoms with Crippen LogP contribution in [-0.4, -0.2) is 38.2 Å². The third-order valence-electron chi connectivity index (χ3n) is 3.92. The first kappa shape index (κ1) is 13.5. The maximum absolute atomic E-state index is 5.39. The van der Waals surface area contributed by atoms with Crippen molar-refractivity contribution in [3.63, 3.8) is 0 Å². The normalized spacial score (nSPS) is 20.6. The van der Waals surface area contributed by atoms with E-state index in [1.54, 1.807) is 7.11 Å². The van der Waals surface area contributed by atoms with Crippen molar-refractivity contribution in [3.8, 4) is 0 Å². The Labute approximate surface area is 110 Å². The van der Waals surface area contributed by atoms with Crippen molar-refractivity contribution in [3.05, 3.63) is 35.4 Å². The van der Waals surface area contributed by atoms with Gasteiger partial charge in [-0.3, -0.25) is 4.90 Å². The van der Waals surface area contributed by atoms with E-state index in [2.05, 4.69) is 48.3 Å². The SMILES string of the molecule is COC(C)c1cccc(C(C)N2CCNCC2)c1. The molecular weight excluding hydrogens is 224 g/mol. The summed E-state index contributed by atoms with van der Waals surface area (Å²) in [6.07, 6.45) is 0.167. The molecule has 100 valence electrons. The second-order valence-corrected chi connectivity index (χ2v) is 5.01. The smallest absolute Gasteiger partial charge is 0.0793 e. The van der Waals surface area contributed by atoms with Crippen LogP contribution >= 0.6 is 0 Å². The minimum absolute atomic E-state index is 0.167. The summed E-state index contributed by atoms with van der Waals surface area (Å²) in [5, 5.41) is 3.40. The van der Waals surface area contributed by atoms with Crippen LogP contribution in [0.15, 0.2) is 24.3 Å². The maximum atomic E-state index is 5.39. The van der Waals surface area contributed by atoms with E-state index in [-0.39, 0.29) is 6.10 Å². The van der Waals surface area contributed by atoms with Gasteiger partial charge in [0.2, 0.25) is 0 Å². The van der Waals surface area contributed by atoms with Gasteiger partial charge in [0.1, 0.15) is 0 Å². The van der Waals surface area contributed by atoms with Crippen molar-refractivity contribution in [1.82, 2.24) is 10.2 Å². The van der Waals surface area contributed by atoms with Gasteiger partial charge in [-0.25, -0.2) is 0 Å². The van der Waals surface area contributed by atoms with E-state index in [0.29, 0.717) is 6.04 Å². The quantitative estimate of drug-likeness (QED) is 0.885. The Morgan fingerprint density at radius 3 is 2.50 bits per heavy atom. The highest BCUT2D eigenvalue weighted by Gasteiger charge is 2.18. The highest BCUT2D eigenvalue weighted by Crippen LogP contribution is 2.24. The number of ether oxygens (including phenoxy) is 1. The Morgan fingerprint density at radius 2 is 1.83 bits per heavy atom. The first-order chi connectivity index (χ1) is 8.72. The van der Waals surface area contributed by atoms with Crippen LogP contribution in [0.4, 0.5) is 0 Å². The molecule has 1 aromatic carbocycles. The summed E-state index contributed by atoms with van der Waals surface area (Å²) in [5.74, 6) is 0. The summed E-state index contributed by atoms with van der Waals surface area (Å²) in [6.45, 7) is 8.84. The van der Waals surface area contributed by atoms with Gasteiger partial charge in [-0.1, -0.05) is 24.3 Å². The van der Waals surface area contributed by atoms with Crippen molar-refractivity contribution >= 4 is 0 Å². The van der Waals surface area contributed by atoms with E-state index < -0.39 is 0 Å². The molecule has 0 aromatic heterocycles. The number of hydrogen-bond donors (Lipinski definition) is 1. The van der Waals surface area contributed by atoms with E-state index >= 15 is 0 Å². The molecule has 0 bridgehead atoms. The molecule has 2 unspecified atom stereocenters. The minimum Gasteiger partial charge on any atom is -0.377 e. The zero-order valence-electron chi connectivity index (χ0n) is 11.6. The van der Waals surface area contributed by atoms with Gasteiger partial charge in [0, 0.05) is 39.3 Å². The van der Waals surface area contributed by atoms with Gasteiger partial charge in [-0.05, 0) is 25.0 Å². The molecule has 0 aliphatic carbocycles. The van der Waals surface area contributed by atoms with Crippen molar-refractivity contribution in [1.29, 1.82) is 0 Å². The summed E-state index contributed by atoms with van der Waals surface area (Å²) in [7, 11) is 1.76. The monoisotopic (exact) mass is 248 g/mol. The predicted octanol–water partition coefficient (Wildman–Crippen LogP) is 2.36. The van der Waals surface area contributed by atoms with E-state index in [4.69, 9.17) is 4.74 Å². The minimum atomic E-state index is 0.167. The van der Waals surface area contributed by atoms with E-state index in [9.17, 15) is 0 Å². The summed E-state index contributed by atoms with van der Waals surface area (Å²) in [6, 6.07) is 9.26. The first-order valence-corrected chi connectivity index (χ1v) is 6.80. The second kappa shape index (κ2) is 6.32. The molecule has 0 radical (unpaired) electrons. The standard InChI is InChI=1S/C15H24N2O/c1-12(17-9-7-16-8-10-17)14-5-4-6-15(11-14)13(2)18-3/h4-6,11-13,16H,7-10H2,1-3H3. The second-order valence-electron chi connectivity index (χ2n) is 5.01. The van der Waals surface area contributed by atoms with Crippen molar-refractivity contribution in [2.24, 2.45) is 0 Å². The van der Waals surface area contributed by atoms with E-state index in [1.165, 1.54) is 11.1 Å². The number of nitrogens with zero attached hydrogens (tertiary/aromatic N) is 1. The Kier molecular flexibility index (Phi) is 4.75. The van der Waals surface area contributed by atoms with Crippen LogP contribution in [0.3, 0.4) is 0 Å². The molecule has 1 N–H and O–H groups in total. The van der Waals surface area contributed by atoms with Crippen LogP contribution < -0.4 is 5.32 Å². The van der Waals surface area contributed by atoms with Gasteiger partial charge in [-0.2, -0.15) is 0 Å². The molecule has 1 aliphatic heterocycles. The molecule has 1 aliphatic rings. The maximum Gasteiger partial charge on any atom is 0.0793 e. The molecule has 2 atom stereocenters. The number of piperazine rings is 1. The van der Waals surface area contributed by atoms with Gasteiger partial charge in [0.25, 0.3) is 0 Å². The molecule has 18 heavy (non-hydrogen) atoms. The molecule has 1 heterocycles. The van der Waals surface area contributed by atoms with Crippen LogP contribution in [0.2, 0.25) is 0 Å². The van der Waals surface area contributed by atoms with Gasteiger partial charge in [0.05, 0.1) is 6.10 Å². The van der Waals surface area contributed by atoms with E-state index in [1.807, 2.05) is 0 Å². The van der Waals surface area contributed by atoms with Crippen LogP contribution in [0.5, 0.6) is 0 Å². The summed E-state index contributed by atoms with van der Waals surface area (Å²) in [5.41, 5.74) is 2.65. The molecular formula is C15H24N2O. The fraction of sp³-hybridized carbons (Fsp3) is 0.600. The van der Waals surface area contributed by atoms with Crippen molar-refractivity contribution in [2.75, 3.05) is 33.3 Å². The summed E-state index contributed by atoms with van der Waals surface area (Å²) in [4.78, 5) is 2.53. The molecule has 0 spiro atoms. The van der Waals surface area contributed by atoms with Crippen molar-refractivity contribution < 1.29 is 4.74 Å². The Morgan fingerprint density at radius 1 is 1.17 bits per heavy atom. The topological polar surface area (TPSA) is 24.5 Å². The lowest BCUT2D eigenvalue weighted by atomic mass is 10.0. The molecule has 1 fully saturated rings. The largest absolute Gasteiger partial charge is 0.377 e. The predicted molar refractivity (Wildman–Crippen MR) is 74.7 cm³/mol. The van der Waals surface area contributed by atoms with Gasteiger partial charge in [0.15, 0.2) is 0 Å². The van der Waals surface area contributed by atoms with Crippen LogP contribution in [-0.2, 0) is 4.74 Å². The Balaban J connectivity index is 2.11. The van der Waals surface area contributed by atoms with E-state index in [0.717, 1.165) is 26.2 Å². The fourth-order valence-electron chi connectivity index (χ4n) is 2.49. The number of hydrogen-bond acceptors (Lipinski definition) is 3. The molecule has 0 amide bonds. The lowest BCUT2D eigenvalue weighted by molar-refractivity contribution is 0.119. The molecule has 0 saturated carbocycles. The van der Waals surface area contributed by atoms with Crippen LogP contribution in [0.1, 0.15) is 37.1 Å².